The normalized spacial score (nSPS) is 19.4. The average Bonchev–Trinajstić information content (AvgIpc) is 3.21. The quantitative estimate of drug-likeness (QED) is 0.760. The summed E-state index contributed by atoms with van der Waals surface area (Å²) in [6.07, 6.45) is 1.58. The predicted molar refractivity (Wildman–Crippen MR) is 89.9 cm³/mol. The van der Waals surface area contributed by atoms with E-state index in [1.54, 1.807) is 12.1 Å². The van der Waals surface area contributed by atoms with E-state index in [9.17, 15) is 21.2 Å². The zero-order valence-electron chi connectivity index (χ0n) is 12.9. The SMILES string of the molecule is O=S(=O)(Cc1ccco1)[C@@H]1CCN(S(=O)(=O)c2ccc(F)c(Cl)c2)C1. The molecule has 1 aromatic carbocycles. The Morgan fingerprint density at radius 1 is 1.24 bits per heavy atom. The summed E-state index contributed by atoms with van der Waals surface area (Å²) in [6.45, 7) is -0.0836. The van der Waals surface area contributed by atoms with Gasteiger partial charge in [0.1, 0.15) is 17.3 Å². The molecule has 1 aliphatic heterocycles. The van der Waals surface area contributed by atoms with E-state index in [2.05, 4.69) is 0 Å². The van der Waals surface area contributed by atoms with E-state index in [4.69, 9.17) is 16.0 Å². The molecule has 25 heavy (non-hydrogen) atoms. The molecule has 0 N–H and O–H groups in total. The molecule has 1 aliphatic rings. The highest BCUT2D eigenvalue weighted by atomic mass is 35.5. The van der Waals surface area contributed by atoms with Gasteiger partial charge < -0.3 is 4.42 Å². The van der Waals surface area contributed by atoms with Gasteiger partial charge >= 0.3 is 0 Å². The van der Waals surface area contributed by atoms with Crippen molar-refractivity contribution in [3.8, 4) is 0 Å². The zero-order chi connectivity index (χ0) is 18.2. The fourth-order valence-corrected chi connectivity index (χ4v) is 6.24. The summed E-state index contributed by atoms with van der Waals surface area (Å²) in [6, 6.07) is 6.25. The van der Waals surface area contributed by atoms with Crippen LogP contribution in [0.4, 0.5) is 4.39 Å². The molecule has 1 atom stereocenters. The molecule has 1 saturated heterocycles. The van der Waals surface area contributed by atoms with Crippen molar-refractivity contribution in [2.75, 3.05) is 13.1 Å². The Bertz CT molecular complexity index is 973. The van der Waals surface area contributed by atoms with Crippen LogP contribution in [0.1, 0.15) is 12.2 Å². The molecular formula is C15H15ClFNO5S2. The van der Waals surface area contributed by atoms with Crippen LogP contribution in [-0.2, 0) is 25.6 Å². The summed E-state index contributed by atoms with van der Waals surface area (Å²) in [5, 5.41) is -1.12. The Labute approximate surface area is 150 Å². The second kappa shape index (κ2) is 6.71. The minimum absolute atomic E-state index is 0.0688. The number of furan rings is 1. The van der Waals surface area contributed by atoms with Gasteiger partial charge in [-0.2, -0.15) is 4.31 Å². The second-order valence-electron chi connectivity index (χ2n) is 5.74. The summed E-state index contributed by atoms with van der Waals surface area (Å²) in [7, 11) is -7.50. The molecule has 1 aromatic heterocycles. The summed E-state index contributed by atoms with van der Waals surface area (Å²) >= 11 is 5.64. The van der Waals surface area contributed by atoms with Crippen LogP contribution in [-0.4, -0.2) is 39.5 Å². The van der Waals surface area contributed by atoms with Gasteiger partial charge in [-0.25, -0.2) is 21.2 Å². The summed E-state index contributed by atoms with van der Waals surface area (Å²) < 4.78 is 69.5. The van der Waals surface area contributed by atoms with Gasteiger partial charge in [0.2, 0.25) is 10.0 Å². The average molecular weight is 408 g/mol. The van der Waals surface area contributed by atoms with Crippen LogP contribution >= 0.6 is 11.6 Å². The van der Waals surface area contributed by atoms with Crippen LogP contribution in [0.3, 0.4) is 0 Å². The van der Waals surface area contributed by atoms with Crippen molar-refractivity contribution >= 4 is 31.5 Å². The predicted octanol–water partition coefficient (Wildman–Crippen LogP) is 2.45. The minimum Gasteiger partial charge on any atom is -0.468 e. The lowest BCUT2D eigenvalue weighted by Gasteiger charge is -2.17. The smallest absolute Gasteiger partial charge is 0.243 e. The molecule has 0 bridgehead atoms. The van der Waals surface area contributed by atoms with E-state index in [0.29, 0.717) is 5.76 Å². The molecule has 1 fully saturated rings. The molecule has 2 aromatic rings. The fraction of sp³-hybridized carbons (Fsp3) is 0.333. The Balaban J connectivity index is 1.78. The van der Waals surface area contributed by atoms with Crippen LogP contribution < -0.4 is 0 Å². The Morgan fingerprint density at radius 2 is 2.00 bits per heavy atom. The van der Waals surface area contributed by atoms with Gasteiger partial charge in [0, 0.05) is 13.1 Å². The first-order chi connectivity index (χ1) is 11.7. The minimum atomic E-state index is -3.94. The third-order valence-electron chi connectivity index (χ3n) is 4.07. The molecule has 2 heterocycles. The monoisotopic (exact) mass is 407 g/mol. The fourth-order valence-electron chi connectivity index (χ4n) is 2.71. The maximum atomic E-state index is 13.2. The molecule has 0 saturated carbocycles. The molecule has 0 aliphatic carbocycles. The Morgan fingerprint density at radius 3 is 2.64 bits per heavy atom. The number of sulfone groups is 1. The molecule has 3 rings (SSSR count). The topological polar surface area (TPSA) is 84.7 Å². The van der Waals surface area contributed by atoms with Crippen molar-refractivity contribution in [2.45, 2.75) is 22.3 Å². The van der Waals surface area contributed by atoms with Crippen molar-refractivity contribution in [3.63, 3.8) is 0 Å². The number of hydrogen-bond donors (Lipinski definition) is 0. The third-order valence-corrected chi connectivity index (χ3v) is 8.31. The highest BCUT2D eigenvalue weighted by molar-refractivity contribution is 7.91. The molecule has 0 unspecified atom stereocenters. The van der Waals surface area contributed by atoms with E-state index in [1.807, 2.05) is 0 Å². The Hall–Kier alpha value is -1.42. The van der Waals surface area contributed by atoms with Gasteiger partial charge in [0.15, 0.2) is 9.84 Å². The van der Waals surface area contributed by atoms with Crippen molar-refractivity contribution in [1.82, 2.24) is 4.31 Å². The second-order valence-corrected chi connectivity index (χ2v) is 10.4. The highest BCUT2D eigenvalue weighted by Gasteiger charge is 2.39. The maximum Gasteiger partial charge on any atom is 0.243 e. The van der Waals surface area contributed by atoms with Crippen LogP contribution in [0.2, 0.25) is 5.02 Å². The number of sulfonamides is 1. The molecule has 0 radical (unpaired) electrons. The number of halogens is 2. The lowest BCUT2D eigenvalue weighted by atomic mass is 10.3. The van der Waals surface area contributed by atoms with Gasteiger partial charge in [-0.05, 0) is 36.8 Å². The Kier molecular flexibility index (Phi) is 4.93. The van der Waals surface area contributed by atoms with E-state index in [0.717, 1.165) is 22.5 Å². The van der Waals surface area contributed by atoms with E-state index >= 15 is 0 Å². The number of rotatable bonds is 5. The van der Waals surface area contributed by atoms with Crippen molar-refractivity contribution < 1.29 is 25.6 Å². The largest absolute Gasteiger partial charge is 0.468 e. The van der Waals surface area contributed by atoms with Crippen LogP contribution in [0.5, 0.6) is 0 Å². The third kappa shape index (κ3) is 3.74. The van der Waals surface area contributed by atoms with Gasteiger partial charge in [-0.3, -0.25) is 0 Å². The van der Waals surface area contributed by atoms with Gasteiger partial charge in [0.25, 0.3) is 0 Å². The maximum absolute atomic E-state index is 13.2. The summed E-state index contributed by atoms with van der Waals surface area (Å²) in [5.41, 5.74) is 0. The molecule has 0 amide bonds. The van der Waals surface area contributed by atoms with Gasteiger partial charge in [0.05, 0.1) is 21.4 Å². The first-order valence-corrected chi connectivity index (χ1v) is 10.9. The summed E-state index contributed by atoms with van der Waals surface area (Å²) in [4.78, 5) is -0.164. The molecule has 10 heteroatoms. The highest BCUT2D eigenvalue weighted by Crippen LogP contribution is 2.28. The van der Waals surface area contributed by atoms with E-state index in [-0.39, 0.29) is 35.2 Å². The van der Waals surface area contributed by atoms with Crippen molar-refractivity contribution in [2.24, 2.45) is 0 Å². The number of benzene rings is 1. The van der Waals surface area contributed by atoms with E-state index in [1.165, 1.54) is 6.26 Å². The van der Waals surface area contributed by atoms with Crippen molar-refractivity contribution in [3.05, 3.63) is 53.2 Å². The molecule has 136 valence electrons. The molecule has 0 spiro atoms. The molecule has 6 nitrogen and oxygen atoms in total. The standard InChI is InChI=1S/C15H15ClFNO5S2/c16-14-8-12(3-4-15(14)17)25(21,22)18-6-5-13(9-18)24(19,20)10-11-2-1-7-23-11/h1-4,7-8,13H,5-6,9-10H2/t13-/m1/s1. The van der Waals surface area contributed by atoms with Crippen molar-refractivity contribution in [1.29, 1.82) is 0 Å². The van der Waals surface area contributed by atoms with Gasteiger partial charge in [-0.15, -0.1) is 0 Å². The molecular weight excluding hydrogens is 393 g/mol. The van der Waals surface area contributed by atoms with Crippen LogP contribution in [0.15, 0.2) is 45.9 Å². The zero-order valence-corrected chi connectivity index (χ0v) is 15.3. The van der Waals surface area contributed by atoms with Crippen LogP contribution in [0.25, 0.3) is 0 Å². The lowest BCUT2D eigenvalue weighted by molar-refractivity contribution is 0.476. The first-order valence-electron chi connectivity index (χ1n) is 7.39. The lowest BCUT2D eigenvalue weighted by Crippen LogP contribution is -2.32. The summed E-state index contributed by atoms with van der Waals surface area (Å²) in [5.74, 6) is -0.687. The number of nitrogens with zero attached hydrogens (tertiary/aromatic N) is 1. The van der Waals surface area contributed by atoms with E-state index < -0.39 is 30.9 Å². The van der Waals surface area contributed by atoms with Gasteiger partial charge in [-0.1, -0.05) is 11.6 Å². The first kappa shape index (κ1) is 18.4. The number of hydrogen-bond acceptors (Lipinski definition) is 5. The van der Waals surface area contributed by atoms with Crippen LogP contribution in [0, 0.1) is 5.82 Å².